The zero-order valence-corrected chi connectivity index (χ0v) is 11.2. The summed E-state index contributed by atoms with van der Waals surface area (Å²) in [6.45, 7) is 1.83. The Morgan fingerprint density at radius 2 is 2.05 bits per heavy atom. The molecule has 4 N–H and O–H groups in total. The molecule has 0 spiro atoms. The Bertz CT molecular complexity index is 429. The van der Waals surface area contributed by atoms with Crippen LogP contribution in [0.15, 0.2) is 12.5 Å². The Balaban J connectivity index is 2.29. The first-order valence-corrected chi connectivity index (χ1v) is 5.99. The van der Waals surface area contributed by atoms with Gasteiger partial charge in [0.2, 0.25) is 0 Å². The highest BCUT2D eigenvalue weighted by Gasteiger charge is 2.08. The maximum absolute atomic E-state index is 11.7. The lowest BCUT2D eigenvalue weighted by Gasteiger charge is -2.11. The lowest BCUT2D eigenvalue weighted by atomic mass is 10.4. The highest BCUT2D eigenvalue weighted by Crippen LogP contribution is 1.95. The number of amides is 3. The fourth-order valence-corrected chi connectivity index (χ4v) is 1.34. The summed E-state index contributed by atoms with van der Waals surface area (Å²) in [5, 5.41) is 5.31. The van der Waals surface area contributed by atoms with E-state index in [-0.39, 0.29) is 11.9 Å². The van der Waals surface area contributed by atoms with Crippen LogP contribution in [-0.4, -0.2) is 60.1 Å². The zero-order valence-electron chi connectivity index (χ0n) is 11.2. The predicted molar refractivity (Wildman–Crippen MR) is 70.7 cm³/mol. The standard InChI is InChI=1S/C11H20N6O2/c1-16(2)11(19)14-5-4-13-10(18)9-7-17(6-3-12)8-15-9/h7-8H,3-6,12H2,1-2H3,(H,13,18)(H,14,19). The predicted octanol–water partition coefficient (Wildman–Crippen LogP) is -1.16. The van der Waals surface area contributed by atoms with Gasteiger partial charge in [-0.2, -0.15) is 0 Å². The van der Waals surface area contributed by atoms with Crippen molar-refractivity contribution in [3.63, 3.8) is 0 Å². The minimum absolute atomic E-state index is 0.193. The second-order valence-corrected chi connectivity index (χ2v) is 4.17. The first kappa shape index (κ1) is 15.0. The van der Waals surface area contributed by atoms with E-state index in [1.807, 2.05) is 0 Å². The Morgan fingerprint density at radius 3 is 2.68 bits per heavy atom. The summed E-state index contributed by atoms with van der Waals surface area (Å²) in [5.74, 6) is -0.269. The van der Waals surface area contributed by atoms with Crippen LogP contribution in [0.2, 0.25) is 0 Å². The molecule has 0 radical (unpaired) electrons. The number of rotatable bonds is 6. The van der Waals surface area contributed by atoms with Crippen molar-refractivity contribution in [2.45, 2.75) is 6.54 Å². The summed E-state index contributed by atoms with van der Waals surface area (Å²) < 4.78 is 1.75. The number of nitrogens with two attached hydrogens (primary N) is 1. The average molecular weight is 268 g/mol. The van der Waals surface area contributed by atoms with Gasteiger partial charge >= 0.3 is 6.03 Å². The number of hydrogen-bond acceptors (Lipinski definition) is 4. The molecular formula is C11H20N6O2. The van der Waals surface area contributed by atoms with Crippen molar-refractivity contribution in [3.8, 4) is 0 Å². The first-order chi connectivity index (χ1) is 9.04. The molecule has 0 saturated heterocycles. The number of nitrogens with one attached hydrogen (secondary N) is 2. The molecule has 1 aromatic heterocycles. The van der Waals surface area contributed by atoms with E-state index >= 15 is 0 Å². The van der Waals surface area contributed by atoms with Crippen molar-refractivity contribution in [3.05, 3.63) is 18.2 Å². The van der Waals surface area contributed by atoms with Gasteiger partial charge in [-0.3, -0.25) is 4.79 Å². The van der Waals surface area contributed by atoms with Crippen molar-refractivity contribution in [1.82, 2.24) is 25.1 Å². The fourth-order valence-electron chi connectivity index (χ4n) is 1.34. The van der Waals surface area contributed by atoms with Gasteiger partial charge in [-0.25, -0.2) is 9.78 Å². The maximum Gasteiger partial charge on any atom is 0.316 e. The van der Waals surface area contributed by atoms with Crippen molar-refractivity contribution in [1.29, 1.82) is 0 Å². The second-order valence-electron chi connectivity index (χ2n) is 4.17. The quantitative estimate of drug-likeness (QED) is 0.566. The summed E-state index contributed by atoms with van der Waals surface area (Å²) >= 11 is 0. The molecule has 0 unspecified atom stereocenters. The van der Waals surface area contributed by atoms with Crippen molar-refractivity contribution in [2.24, 2.45) is 5.73 Å². The molecule has 8 nitrogen and oxygen atoms in total. The Labute approximate surface area is 112 Å². The van der Waals surface area contributed by atoms with E-state index in [1.54, 1.807) is 31.2 Å². The van der Waals surface area contributed by atoms with E-state index in [9.17, 15) is 9.59 Å². The molecule has 0 aliphatic heterocycles. The molecule has 0 aliphatic rings. The van der Waals surface area contributed by atoms with Crippen LogP contribution in [0.5, 0.6) is 0 Å². The van der Waals surface area contributed by atoms with E-state index in [4.69, 9.17) is 5.73 Å². The largest absolute Gasteiger partial charge is 0.349 e. The summed E-state index contributed by atoms with van der Waals surface area (Å²) in [4.78, 5) is 28.3. The molecule has 0 saturated carbocycles. The Morgan fingerprint density at radius 1 is 1.37 bits per heavy atom. The molecule has 106 valence electrons. The summed E-state index contributed by atoms with van der Waals surface area (Å²) in [7, 11) is 3.30. The topological polar surface area (TPSA) is 105 Å². The lowest BCUT2D eigenvalue weighted by Crippen LogP contribution is -2.39. The third-order valence-corrected chi connectivity index (χ3v) is 2.35. The van der Waals surface area contributed by atoms with Gasteiger partial charge in [0, 0.05) is 46.5 Å². The molecule has 0 aliphatic carbocycles. The van der Waals surface area contributed by atoms with E-state index in [0.717, 1.165) is 0 Å². The molecule has 0 atom stereocenters. The van der Waals surface area contributed by atoms with Gasteiger partial charge in [0.25, 0.3) is 5.91 Å². The lowest BCUT2D eigenvalue weighted by molar-refractivity contribution is 0.0949. The second kappa shape index (κ2) is 7.37. The van der Waals surface area contributed by atoms with Crippen molar-refractivity contribution in [2.75, 3.05) is 33.7 Å². The average Bonchev–Trinajstić information content (AvgIpc) is 2.83. The smallest absolute Gasteiger partial charge is 0.316 e. The first-order valence-electron chi connectivity index (χ1n) is 5.99. The normalized spacial score (nSPS) is 10.1. The molecular weight excluding hydrogens is 248 g/mol. The van der Waals surface area contributed by atoms with Gasteiger partial charge in [-0.1, -0.05) is 0 Å². The van der Waals surface area contributed by atoms with Gasteiger partial charge in [-0.15, -0.1) is 0 Å². The van der Waals surface area contributed by atoms with Gasteiger partial charge in [0.15, 0.2) is 0 Å². The van der Waals surface area contributed by atoms with Crippen LogP contribution in [0, 0.1) is 0 Å². The number of hydrogen-bond donors (Lipinski definition) is 3. The molecule has 19 heavy (non-hydrogen) atoms. The zero-order chi connectivity index (χ0) is 14.3. The highest BCUT2D eigenvalue weighted by molar-refractivity contribution is 5.92. The van der Waals surface area contributed by atoms with E-state index in [2.05, 4.69) is 15.6 Å². The minimum atomic E-state index is -0.269. The van der Waals surface area contributed by atoms with Crippen LogP contribution in [0.1, 0.15) is 10.5 Å². The molecule has 0 aromatic carbocycles. The van der Waals surface area contributed by atoms with Crippen molar-refractivity contribution >= 4 is 11.9 Å². The van der Waals surface area contributed by atoms with Gasteiger partial charge < -0.3 is 25.8 Å². The molecule has 8 heteroatoms. The van der Waals surface area contributed by atoms with E-state index in [0.29, 0.717) is 31.9 Å². The Hall–Kier alpha value is -2.09. The van der Waals surface area contributed by atoms with Crippen LogP contribution in [-0.2, 0) is 6.54 Å². The van der Waals surface area contributed by atoms with Crippen molar-refractivity contribution < 1.29 is 9.59 Å². The van der Waals surface area contributed by atoms with Crippen LogP contribution in [0.4, 0.5) is 4.79 Å². The molecule has 1 rings (SSSR count). The fraction of sp³-hybridized carbons (Fsp3) is 0.545. The van der Waals surface area contributed by atoms with Gasteiger partial charge in [0.05, 0.1) is 6.33 Å². The number of carbonyl (C=O) groups is 2. The summed E-state index contributed by atoms with van der Waals surface area (Å²) in [6.07, 6.45) is 3.20. The number of nitrogens with zero attached hydrogens (tertiary/aromatic N) is 3. The van der Waals surface area contributed by atoms with Crippen LogP contribution < -0.4 is 16.4 Å². The summed E-state index contributed by atoms with van der Waals surface area (Å²) in [6, 6.07) is -0.193. The Kier molecular flexibility index (Phi) is 5.80. The van der Waals surface area contributed by atoms with Crippen LogP contribution >= 0.6 is 0 Å². The number of urea groups is 1. The monoisotopic (exact) mass is 268 g/mol. The molecule has 0 bridgehead atoms. The third kappa shape index (κ3) is 4.96. The van der Waals surface area contributed by atoms with Gasteiger partial charge in [-0.05, 0) is 0 Å². The van der Waals surface area contributed by atoms with E-state index in [1.165, 1.54) is 4.90 Å². The maximum atomic E-state index is 11.7. The SMILES string of the molecule is CN(C)C(=O)NCCNC(=O)c1cn(CCN)cn1. The number of carbonyl (C=O) groups excluding carboxylic acids is 2. The minimum Gasteiger partial charge on any atom is -0.349 e. The van der Waals surface area contributed by atoms with Crippen LogP contribution in [0.3, 0.4) is 0 Å². The molecule has 1 aromatic rings. The van der Waals surface area contributed by atoms with Crippen LogP contribution in [0.25, 0.3) is 0 Å². The summed E-state index contributed by atoms with van der Waals surface area (Å²) in [5.41, 5.74) is 5.74. The number of aromatic nitrogens is 2. The molecule has 1 heterocycles. The highest BCUT2D eigenvalue weighted by atomic mass is 16.2. The van der Waals surface area contributed by atoms with E-state index < -0.39 is 0 Å². The molecule has 0 fully saturated rings. The van der Waals surface area contributed by atoms with Gasteiger partial charge in [0.1, 0.15) is 5.69 Å². The number of imidazole rings is 1. The molecule has 3 amide bonds. The third-order valence-electron chi connectivity index (χ3n) is 2.35.